The van der Waals surface area contributed by atoms with E-state index < -0.39 is 16.1 Å². The maximum absolute atomic E-state index is 12.5. The Hall–Kier alpha value is -2.38. The molecule has 0 aromatic heterocycles. The molecule has 0 aliphatic carbocycles. The number of ether oxygens (including phenoxy) is 1. The van der Waals surface area contributed by atoms with Crippen molar-refractivity contribution in [1.29, 1.82) is 0 Å². The van der Waals surface area contributed by atoms with E-state index in [9.17, 15) is 13.2 Å². The van der Waals surface area contributed by atoms with Crippen LogP contribution >= 0.6 is 0 Å². The third kappa shape index (κ3) is 3.89. The van der Waals surface area contributed by atoms with Gasteiger partial charge in [0, 0.05) is 0 Å². The highest BCUT2D eigenvalue weighted by Crippen LogP contribution is 2.28. The Balaban J connectivity index is 1.70. The molecule has 2 aromatic carbocycles. The van der Waals surface area contributed by atoms with E-state index in [0.29, 0.717) is 11.4 Å². The third-order valence-corrected chi connectivity index (χ3v) is 5.64. The van der Waals surface area contributed by atoms with Crippen molar-refractivity contribution >= 4 is 21.6 Å². The van der Waals surface area contributed by atoms with Gasteiger partial charge in [-0.05, 0) is 35.2 Å². The van der Waals surface area contributed by atoms with Crippen LogP contribution in [0.4, 0.5) is 5.69 Å². The van der Waals surface area contributed by atoms with Gasteiger partial charge in [-0.3, -0.25) is 4.79 Å². The zero-order chi connectivity index (χ0) is 18.9. The quantitative estimate of drug-likeness (QED) is 0.862. The minimum atomic E-state index is -3.73. The van der Waals surface area contributed by atoms with Gasteiger partial charge in [-0.15, -0.1) is 0 Å². The molecule has 26 heavy (non-hydrogen) atoms. The molecule has 138 valence electrons. The van der Waals surface area contributed by atoms with Gasteiger partial charge in [-0.25, -0.2) is 13.1 Å². The lowest BCUT2D eigenvalue weighted by Gasteiger charge is -2.25. The zero-order valence-corrected chi connectivity index (χ0v) is 15.8. The molecule has 1 amide bonds. The molecule has 2 N–H and O–H groups in total. The van der Waals surface area contributed by atoms with E-state index in [4.69, 9.17) is 4.74 Å². The molecule has 1 aliphatic heterocycles. The number of anilines is 1. The molecule has 6 nitrogen and oxygen atoms in total. The second-order valence-corrected chi connectivity index (χ2v) is 8.99. The molecule has 0 spiro atoms. The van der Waals surface area contributed by atoms with Crippen molar-refractivity contribution in [2.24, 2.45) is 0 Å². The van der Waals surface area contributed by atoms with Crippen LogP contribution in [-0.4, -0.2) is 27.0 Å². The first-order chi connectivity index (χ1) is 12.2. The summed E-state index contributed by atoms with van der Waals surface area (Å²) in [5, 5.41) is 2.71. The van der Waals surface area contributed by atoms with Crippen LogP contribution < -0.4 is 14.8 Å². The number of nitrogens with one attached hydrogen (secondary N) is 2. The number of rotatable bonds is 4. The molecule has 1 atom stereocenters. The summed E-state index contributed by atoms with van der Waals surface area (Å²) in [6, 6.07) is 13.8. The summed E-state index contributed by atoms with van der Waals surface area (Å²) < 4.78 is 33.0. The van der Waals surface area contributed by atoms with Crippen LogP contribution in [0.5, 0.6) is 5.75 Å². The van der Waals surface area contributed by atoms with E-state index in [0.717, 1.165) is 5.56 Å². The molecule has 7 heteroatoms. The Bertz CT molecular complexity index is 915. The molecule has 0 saturated carbocycles. The van der Waals surface area contributed by atoms with Crippen molar-refractivity contribution in [2.75, 3.05) is 11.9 Å². The number of hydrogen-bond acceptors (Lipinski definition) is 4. The SMILES string of the molecule is CC(C)(C)c1ccc(S(=O)(=O)NCC2Oc3ccccc3NC2=O)cc1. The van der Waals surface area contributed by atoms with Crippen molar-refractivity contribution in [3.05, 3.63) is 54.1 Å². The average molecular weight is 374 g/mol. The second kappa shape index (κ2) is 6.74. The summed E-state index contributed by atoms with van der Waals surface area (Å²) in [5.74, 6) is 0.139. The van der Waals surface area contributed by atoms with Crippen molar-refractivity contribution in [3.8, 4) is 5.75 Å². The lowest BCUT2D eigenvalue weighted by molar-refractivity contribution is -0.123. The fourth-order valence-electron chi connectivity index (χ4n) is 2.63. The van der Waals surface area contributed by atoms with Crippen LogP contribution in [0.1, 0.15) is 26.3 Å². The Morgan fingerprint density at radius 2 is 1.73 bits per heavy atom. The number of benzene rings is 2. The van der Waals surface area contributed by atoms with Crippen molar-refractivity contribution in [2.45, 2.75) is 37.2 Å². The Kier molecular flexibility index (Phi) is 4.77. The lowest BCUT2D eigenvalue weighted by atomic mass is 9.87. The second-order valence-electron chi connectivity index (χ2n) is 7.22. The summed E-state index contributed by atoms with van der Waals surface area (Å²) in [7, 11) is -3.73. The van der Waals surface area contributed by atoms with Gasteiger partial charge in [-0.1, -0.05) is 45.0 Å². The fraction of sp³-hybridized carbons (Fsp3) is 0.316. The number of para-hydroxylation sites is 2. The van der Waals surface area contributed by atoms with Gasteiger partial charge in [0.2, 0.25) is 10.0 Å². The monoisotopic (exact) mass is 374 g/mol. The highest BCUT2D eigenvalue weighted by Gasteiger charge is 2.29. The highest BCUT2D eigenvalue weighted by molar-refractivity contribution is 7.89. The first-order valence-corrected chi connectivity index (χ1v) is 9.82. The van der Waals surface area contributed by atoms with Crippen LogP contribution in [0.3, 0.4) is 0 Å². The van der Waals surface area contributed by atoms with E-state index >= 15 is 0 Å². The van der Waals surface area contributed by atoms with Crippen molar-refractivity contribution < 1.29 is 17.9 Å². The van der Waals surface area contributed by atoms with Gasteiger partial charge in [-0.2, -0.15) is 0 Å². The topological polar surface area (TPSA) is 84.5 Å². The van der Waals surface area contributed by atoms with Gasteiger partial charge in [0.1, 0.15) is 5.75 Å². The predicted octanol–water partition coefficient (Wildman–Crippen LogP) is 2.66. The molecule has 0 radical (unpaired) electrons. The van der Waals surface area contributed by atoms with E-state index in [1.165, 1.54) is 0 Å². The largest absolute Gasteiger partial charge is 0.477 e. The molecule has 3 rings (SSSR count). The lowest BCUT2D eigenvalue weighted by Crippen LogP contribution is -2.45. The molecule has 1 heterocycles. The van der Waals surface area contributed by atoms with Crippen LogP contribution in [0.2, 0.25) is 0 Å². The third-order valence-electron chi connectivity index (χ3n) is 4.20. The minimum Gasteiger partial charge on any atom is -0.477 e. The highest BCUT2D eigenvalue weighted by atomic mass is 32.2. The van der Waals surface area contributed by atoms with Gasteiger partial charge < -0.3 is 10.1 Å². The number of fused-ring (bicyclic) bond motifs is 1. The minimum absolute atomic E-state index is 0.0584. The standard InChI is InChI=1S/C19H22N2O4S/c1-19(2,3)13-8-10-14(11-9-13)26(23,24)20-12-17-18(22)21-15-6-4-5-7-16(15)25-17/h4-11,17,20H,12H2,1-3H3,(H,21,22). The van der Waals surface area contributed by atoms with Crippen LogP contribution in [-0.2, 0) is 20.2 Å². The Labute approximate surface area is 153 Å². The van der Waals surface area contributed by atoms with Crippen LogP contribution in [0.25, 0.3) is 0 Å². The fourth-order valence-corrected chi connectivity index (χ4v) is 3.66. The summed E-state index contributed by atoms with van der Waals surface area (Å²) in [4.78, 5) is 12.2. The average Bonchev–Trinajstić information content (AvgIpc) is 2.59. The number of sulfonamides is 1. The van der Waals surface area contributed by atoms with Crippen molar-refractivity contribution in [3.63, 3.8) is 0 Å². The number of hydrogen-bond donors (Lipinski definition) is 2. The van der Waals surface area contributed by atoms with Gasteiger partial charge in [0.05, 0.1) is 17.1 Å². The number of carbonyl (C=O) groups is 1. The normalized spacial score (nSPS) is 17.2. The molecule has 0 fully saturated rings. The number of carbonyl (C=O) groups excluding carboxylic acids is 1. The van der Waals surface area contributed by atoms with E-state index in [1.807, 2.05) is 0 Å². The van der Waals surface area contributed by atoms with Crippen LogP contribution in [0.15, 0.2) is 53.4 Å². The molecule has 0 saturated heterocycles. The Morgan fingerprint density at radius 1 is 1.08 bits per heavy atom. The molecular formula is C19H22N2O4S. The Morgan fingerprint density at radius 3 is 2.38 bits per heavy atom. The summed E-state index contributed by atoms with van der Waals surface area (Å²) >= 11 is 0. The van der Waals surface area contributed by atoms with E-state index in [1.54, 1.807) is 48.5 Å². The van der Waals surface area contributed by atoms with E-state index in [-0.39, 0.29) is 22.8 Å². The van der Waals surface area contributed by atoms with Gasteiger partial charge in [0.15, 0.2) is 6.10 Å². The van der Waals surface area contributed by atoms with Crippen molar-refractivity contribution in [1.82, 2.24) is 4.72 Å². The summed E-state index contributed by atoms with van der Waals surface area (Å²) in [6.07, 6.45) is -0.923. The smallest absolute Gasteiger partial charge is 0.266 e. The molecular weight excluding hydrogens is 352 g/mol. The first kappa shape index (κ1) is 18.4. The molecule has 0 bridgehead atoms. The first-order valence-electron chi connectivity index (χ1n) is 8.33. The van der Waals surface area contributed by atoms with Crippen LogP contribution in [0, 0.1) is 0 Å². The molecule has 2 aromatic rings. The molecule has 1 aliphatic rings. The summed E-state index contributed by atoms with van der Waals surface area (Å²) in [5.41, 5.74) is 1.56. The predicted molar refractivity (Wildman–Crippen MR) is 99.8 cm³/mol. The summed E-state index contributed by atoms with van der Waals surface area (Å²) in [6.45, 7) is 6.03. The van der Waals surface area contributed by atoms with E-state index in [2.05, 4.69) is 30.8 Å². The van der Waals surface area contributed by atoms with Gasteiger partial charge >= 0.3 is 0 Å². The maximum Gasteiger partial charge on any atom is 0.266 e. The van der Waals surface area contributed by atoms with Gasteiger partial charge in [0.25, 0.3) is 5.91 Å². The molecule has 1 unspecified atom stereocenters. The maximum atomic E-state index is 12.5. The number of amides is 1. The zero-order valence-electron chi connectivity index (χ0n) is 14.9.